The fourth-order valence-corrected chi connectivity index (χ4v) is 2.94. The number of carbonyl (C=O) groups is 1. The number of hydrogen-bond acceptors (Lipinski definition) is 4. The molecule has 150 valence electrons. The first-order chi connectivity index (χ1) is 13.6. The maximum atomic E-state index is 12.9. The highest BCUT2D eigenvalue weighted by molar-refractivity contribution is 6.21. The average Bonchev–Trinajstić information content (AvgIpc) is 2.73. The standard InChI is InChI=1S/C24H30O4/c1-4-6-7-18(5-2)17-28-24(26)23(20-10-12-21(25)13-11-20)16-19-8-14-22(27-3)15-9-19/h8-16,18,25H,4-7,17H2,1-3H3/b23-16+. The Hall–Kier alpha value is -2.75. The van der Waals surface area contributed by atoms with Gasteiger partial charge in [0.2, 0.25) is 0 Å². The van der Waals surface area contributed by atoms with Crippen molar-refractivity contribution in [3.8, 4) is 11.5 Å². The smallest absolute Gasteiger partial charge is 0.338 e. The van der Waals surface area contributed by atoms with Gasteiger partial charge >= 0.3 is 5.97 Å². The summed E-state index contributed by atoms with van der Waals surface area (Å²) in [5.41, 5.74) is 2.05. The van der Waals surface area contributed by atoms with Crippen molar-refractivity contribution in [2.75, 3.05) is 13.7 Å². The molecule has 0 fully saturated rings. The van der Waals surface area contributed by atoms with E-state index in [1.165, 1.54) is 0 Å². The van der Waals surface area contributed by atoms with E-state index in [-0.39, 0.29) is 11.7 Å². The third-order valence-electron chi connectivity index (χ3n) is 4.82. The minimum atomic E-state index is -0.351. The molecule has 0 aliphatic rings. The Kier molecular flexibility index (Phi) is 8.60. The van der Waals surface area contributed by atoms with Gasteiger partial charge in [0.1, 0.15) is 11.5 Å². The van der Waals surface area contributed by atoms with E-state index in [1.807, 2.05) is 24.3 Å². The summed E-state index contributed by atoms with van der Waals surface area (Å²) >= 11 is 0. The largest absolute Gasteiger partial charge is 0.508 e. The lowest BCUT2D eigenvalue weighted by Crippen LogP contribution is -2.15. The van der Waals surface area contributed by atoms with Crippen molar-refractivity contribution < 1.29 is 19.4 Å². The van der Waals surface area contributed by atoms with Gasteiger partial charge in [0.15, 0.2) is 0 Å². The lowest BCUT2D eigenvalue weighted by molar-refractivity contribution is -0.138. The topological polar surface area (TPSA) is 55.8 Å². The number of phenols is 1. The summed E-state index contributed by atoms with van der Waals surface area (Å²) < 4.78 is 10.9. The van der Waals surface area contributed by atoms with Gasteiger partial charge in [0.05, 0.1) is 19.3 Å². The third kappa shape index (κ3) is 6.45. The van der Waals surface area contributed by atoms with Crippen LogP contribution in [0.3, 0.4) is 0 Å². The Morgan fingerprint density at radius 2 is 1.75 bits per heavy atom. The highest BCUT2D eigenvalue weighted by Crippen LogP contribution is 2.24. The van der Waals surface area contributed by atoms with E-state index < -0.39 is 0 Å². The molecule has 2 aromatic rings. The monoisotopic (exact) mass is 382 g/mol. The molecule has 0 bridgehead atoms. The van der Waals surface area contributed by atoms with E-state index in [0.717, 1.165) is 37.0 Å². The van der Waals surface area contributed by atoms with E-state index in [4.69, 9.17) is 9.47 Å². The predicted octanol–water partition coefficient (Wildman–Crippen LogP) is 5.70. The van der Waals surface area contributed by atoms with E-state index in [9.17, 15) is 9.90 Å². The van der Waals surface area contributed by atoms with E-state index in [0.29, 0.717) is 23.7 Å². The van der Waals surface area contributed by atoms with Crippen LogP contribution in [0.1, 0.15) is 50.7 Å². The van der Waals surface area contributed by atoms with E-state index >= 15 is 0 Å². The number of unbranched alkanes of at least 4 members (excludes halogenated alkanes) is 1. The van der Waals surface area contributed by atoms with Crippen molar-refractivity contribution in [2.24, 2.45) is 5.92 Å². The molecule has 0 aromatic heterocycles. The molecule has 2 aromatic carbocycles. The van der Waals surface area contributed by atoms with Crippen LogP contribution in [0.25, 0.3) is 11.6 Å². The highest BCUT2D eigenvalue weighted by Gasteiger charge is 2.16. The Morgan fingerprint density at radius 3 is 2.32 bits per heavy atom. The van der Waals surface area contributed by atoms with Crippen LogP contribution in [-0.4, -0.2) is 24.8 Å². The van der Waals surface area contributed by atoms with Gasteiger partial charge in [-0.05, 0) is 53.8 Å². The van der Waals surface area contributed by atoms with Crippen molar-refractivity contribution in [1.29, 1.82) is 0 Å². The second kappa shape index (κ2) is 11.2. The summed E-state index contributed by atoms with van der Waals surface area (Å²) in [5.74, 6) is 0.946. The molecule has 0 radical (unpaired) electrons. The second-order valence-corrected chi connectivity index (χ2v) is 6.89. The summed E-state index contributed by atoms with van der Waals surface area (Å²) in [6.07, 6.45) is 6.14. The molecule has 0 amide bonds. The normalized spacial score (nSPS) is 12.5. The van der Waals surface area contributed by atoms with Crippen molar-refractivity contribution >= 4 is 17.6 Å². The zero-order valence-corrected chi connectivity index (χ0v) is 17.0. The van der Waals surface area contributed by atoms with Gasteiger partial charge in [-0.1, -0.05) is 57.4 Å². The summed E-state index contributed by atoms with van der Waals surface area (Å²) in [6, 6.07) is 14.1. The van der Waals surface area contributed by atoms with E-state index in [1.54, 1.807) is 37.5 Å². The molecule has 0 saturated heterocycles. The molecule has 1 unspecified atom stereocenters. The number of rotatable bonds is 10. The van der Waals surface area contributed by atoms with Gasteiger partial charge in [0, 0.05) is 0 Å². The Labute approximate surface area is 167 Å². The summed E-state index contributed by atoms with van der Waals surface area (Å²) in [7, 11) is 1.62. The Bertz CT molecular complexity index is 760. The number of benzene rings is 2. The number of ether oxygens (including phenoxy) is 2. The summed E-state index contributed by atoms with van der Waals surface area (Å²) in [4.78, 5) is 12.9. The number of hydrogen-bond donors (Lipinski definition) is 1. The average molecular weight is 383 g/mol. The number of esters is 1. The maximum absolute atomic E-state index is 12.9. The molecule has 1 atom stereocenters. The zero-order valence-electron chi connectivity index (χ0n) is 17.0. The molecule has 2 rings (SSSR count). The molecular weight excluding hydrogens is 352 g/mol. The first kappa shape index (κ1) is 21.5. The number of methoxy groups -OCH3 is 1. The number of phenolic OH excluding ortho intramolecular Hbond substituents is 1. The third-order valence-corrected chi connectivity index (χ3v) is 4.82. The quantitative estimate of drug-likeness (QED) is 0.325. The van der Waals surface area contributed by atoms with Crippen molar-refractivity contribution in [3.63, 3.8) is 0 Å². The molecule has 1 N–H and O–H groups in total. The van der Waals surface area contributed by atoms with Crippen LogP contribution in [0, 0.1) is 5.92 Å². The van der Waals surface area contributed by atoms with Crippen LogP contribution in [0.4, 0.5) is 0 Å². The minimum absolute atomic E-state index is 0.159. The van der Waals surface area contributed by atoms with Gasteiger partial charge in [-0.15, -0.1) is 0 Å². The molecule has 4 heteroatoms. The van der Waals surface area contributed by atoms with Gasteiger partial charge < -0.3 is 14.6 Å². The summed E-state index contributed by atoms with van der Waals surface area (Å²) in [6.45, 7) is 4.72. The summed E-state index contributed by atoms with van der Waals surface area (Å²) in [5, 5.41) is 9.57. The molecule has 0 spiro atoms. The van der Waals surface area contributed by atoms with Crippen LogP contribution in [0.5, 0.6) is 11.5 Å². The first-order valence-corrected chi connectivity index (χ1v) is 9.89. The van der Waals surface area contributed by atoms with Crippen LogP contribution in [0.2, 0.25) is 0 Å². The fourth-order valence-electron chi connectivity index (χ4n) is 2.94. The molecule has 28 heavy (non-hydrogen) atoms. The maximum Gasteiger partial charge on any atom is 0.338 e. The Balaban J connectivity index is 2.23. The van der Waals surface area contributed by atoms with E-state index in [2.05, 4.69) is 13.8 Å². The van der Waals surface area contributed by atoms with Gasteiger partial charge in [-0.2, -0.15) is 0 Å². The SMILES string of the molecule is CCCCC(CC)COC(=O)/C(=C/c1ccc(OC)cc1)c1ccc(O)cc1. The van der Waals surface area contributed by atoms with Crippen molar-refractivity contribution in [2.45, 2.75) is 39.5 Å². The highest BCUT2D eigenvalue weighted by atomic mass is 16.5. The van der Waals surface area contributed by atoms with Crippen LogP contribution in [0.15, 0.2) is 48.5 Å². The van der Waals surface area contributed by atoms with Gasteiger partial charge in [0.25, 0.3) is 0 Å². The predicted molar refractivity (Wildman–Crippen MR) is 113 cm³/mol. The zero-order chi connectivity index (χ0) is 20.4. The number of carbonyl (C=O) groups excluding carboxylic acids is 1. The molecule has 0 aliphatic heterocycles. The minimum Gasteiger partial charge on any atom is -0.508 e. The van der Waals surface area contributed by atoms with Crippen LogP contribution in [-0.2, 0) is 9.53 Å². The fraction of sp³-hybridized carbons (Fsp3) is 0.375. The van der Waals surface area contributed by atoms with Gasteiger partial charge in [-0.25, -0.2) is 4.79 Å². The first-order valence-electron chi connectivity index (χ1n) is 9.89. The van der Waals surface area contributed by atoms with Crippen LogP contribution < -0.4 is 4.74 Å². The molecular formula is C24H30O4. The second-order valence-electron chi connectivity index (χ2n) is 6.89. The lowest BCUT2D eigenvalue weighted by atomic mass is 10.00. The van der Waals surface area contributed by atoms with Crippen molar-refractivity contribution in [1.82, 2.24) is 0 Å². The lowest BCUT2D eigenvalue weighted by Gasteiger charge is -2.16. The van der Waals surface area contributed by atoms with Crippen molar-refractivity contribution in [3.05, 3.63) is 59.7 Å². The van der Waals surface area contributed by atoms with Gasteiger partial charge in [-0.3, -0.25) is 0 Å². The molecule has 0 saturated carbocycles. The molecule has 4 nitrogen and oxygen atoms in total. The molecule has 0 aliphatic carbocycles. The number of aromatic hydroxyl groups is 1. The molecule has 0 heterocycles. The Morgan fingerprint density at radius 1 is 1.07 bits per heavy atom. The van der Waals surface area contributed by atoms with Crippen LogP contribution >= 0.6 is 0 Å².